The number of methoxy groups -OCH3 is 1. The highest BCUT2D eigenvalue weighted by Gasteiger charge is 2.29. The summed E-state index contributed by atoms with van der Waals surface area (Å²) >= 11 is 1.33. The molecule has 1 aromatic heterocycles. The summed E-state index contributed by atoms with van der Waals surface area (Å²) in [5, 5.41) is 0.466. The molecule has 0 saturated heterocycles. The summed E-state index contributed by atoms with van der Waals surface area (Å²) in [7, 11) is 1.57. The standard InChI is InChI=1S/C16H12F3NO2S/c1-21-12-6-7-14-13(8-12)20-15(22-14)23-9-10-2-4-11(5-3-10)16(17,18)19/h2-8H,9H2,1H3. The van der Waals surface area contributed by atoms with Crippen molar-refractivity contribution < 1.29 is 22.3 Å². The number of hydrogen-bond acceptors (Lipinski definition) is 4. The lowest BCUT2D eigenvalue weighted by atomic mass is 10.1. The van der Waals surface area contributed by atoms with E-state index in [9.17, 15) is 13.2 Å². The highest BCUT2D eigenvalue weighted by Crippen LogP contribution is 2.31. The number of hydrogen-bond donors (Lipinski definition) is 0. The van der Waals surface area contributed by atoms with Gasteiger partial charge in [0.2, 0.25) is 0 Å². The third-order valence-electron chi connectivity index (χ3n) is 3.22. The second-order valence-electron chi connectivity index (χ2n) is 4.80. The molecule has 3 aromatic rings. The fraction of sp³-hybridized carbons (Fsp3) is 0.188. The van der Waals surface area contributed by atoms with E-state index in [1.807, 2.05) is 0 Å². The van der Waals surface area contributed by atoms with Crippen molar-refractivity contribution in [3.8, 4) is 5.75 Å². The average molecular weight is 339 g/mol. The average Bonchev–Trinajstić information content (AvgIpc) is 2.94. The molecule has 0 aliphatic carbocycles. The van der Waals surface area contributed by atoms with E-state index in [1.54, 1.807) is 25.3 Å². The Kier molecular flexibility index (Phi) is 4.21. The van der Waals surface area contributed by atoms with Gasteiger partial charge in [0.15, 0.2) is 5.58 Å². The normalized spacial score (nSPS) is 11.8. The maximum absolute atomic E-state index is 12.5. The molecule has 23 heavy (non-hydrogen) atoms. The van der Waals surface area contributed by atoms with Gasteiger partial charge in [-0.05, 0) is 29.8 Å². The highest BCUT2D eigenvalue weighted by molar-refractivity contribution is 7.98. The van der Waals surface area contributed by atoms with Gasteiger partial charge in [0.05, 0.1) is 12.7 Å². The summed E-state index contributed by atoms with van der Waals surface area (Å²) in [5.74, 6) is 1.16. The Balaban J connectivity index is 1.70. The van der Waals surface area contributed by atoms with Crippen molar-refractivity contribution in [2.45, 2.75) is 17.2 Å². The van der Waals surface area contributed by atoms with Gasteiger partial charge < -0.3 is 9.15 Å². The van der Waals surface area contributed by atoms with Gasteiger partial charge in [0.25, 0.3) is 5.22 Å². The molecule has 0 bridgehead atoms. The molecule has 0 unspecified atom stereocenters. The number of alkyl halides is 3. The first kappa shape index (κ1) is 15.7. The molecule has 0 fully saturated rings. The van der Waals surface area contributed by atoms with Crippen LogP contribution in [-0.4, -0.2) is 12.1 Å². The SMILES string of the molecule is COc1ccc2oc(SCc3ccc(C(F)(F)F)cc3)nc2c1. The van der Waals surface area contributed by atoms with E-state index >= 15 is 0 Å². The number of nitrogens with zero attached hydrogens (tertiary/aromatic N) is 1. The van der Waals surface area contributed by atoms with E-state index in [2.05, 4.69) is 4.98 Å². The third kappa shape index (κ3) is 3.61. The number of oxazole rings is 1. The molecule has 0 amide bonds. The monoisotopic (exact) mass is 339 g/mol. The van der Waals surface area contributed by atoms with E-state index in [1.165, 1.54) is 23.9 Å². The van der Waals surface area contributed by atoms with E-state index < -0.39 is 11.7 Å². The minimum atomic E-state index is -4.31. The second-order valence-corrected chi connectivity index (χ2v) is 5.72. The summed E-state index contributed by atoms with van der Waals surface area (Å²) in [6.07, 6.45) is -4.31. The largest absolute Gasteiger partial charge is 0.497 e. The predicted molar refractivity (Wildman–Crippen MR) is 81.6 cm³/mol. The van der Waals surface area contributed by atoms with Gasteiger partial charge in [0.1, 0.15) is 11.3 Å². The van der Waals surface area contributed by atoms with Gasteiger partial charge in [0, 0.05) is 11.8 Å². The summed E-state index contributed by atoms with van der Waals surface area (Å²) in [5.41, 5.74) is 1.43. The number of halogens is 3. The maximum Gasteiger partial charge on any atom is 0.416 e. The van der Waals surface area contributed by atoms with Crippen molar-refractivity contribution in [3.05, 3.63) is 53.6 Å². The first-order chi connectivity index (χ1) is 11.0. The zero-order chi connectivity index (χ0) is 16.4. The van der Waals surface area contributed by atoms with E-state index in [4.69, 9.17) is 9.15 Å². The second kappa shape index (κ2) is 6.16. The van der Waals surface area contributed by atoms with Gasteiger partial charge in [-0.1, -0.05) is 23.9 Å². The third-order valence-corrected chi connectivity index (χ3v) is 4.12. The van der Waals surface area contributed by atoms with Crippen LogP contribution < -0.4 is 4.74 Å². The molecule has 7 heteroatoms. The van der Waals surface area contributed by atoms with Gasteiger partial charge >= 0.3 is 6.18 Å². The van der Waals surface area contributed by atoms with Gasteiger partial charge in [-0.3, -0.25) is 0 Å². The quantitative estimate of drug-likeness (QED) is 0.616. The predicted octanol–water partition coefficient (Wildman–Crippen LogP) is 5.15. The zero-order valence-electron chi connectivity index (χ0n) is 12.1. The topological polar surface area (TPSA) is 35.3 Å². The Bertz CT molecular complexity index is 812. The number of benzene rings is 2. The molecule has 3 nitrogen and oxygen atoms in total. The lowest BCUT2D eigenvalue weighted by molar-refractivity contribution is -0.137. The van der Waals surface area contributed by atoms with Crippen LogP contribution in [0.3, 0.4) is 0 Å². The number of rotatable bonds is 4. The van der Waals surface area contributed by atoms with Crippen LogP contribution in [0.4, 0.5) is 13.2 Å². The molecule has 0 atom stereocenters. The Morgan fingerprint density at radius 2 is 1.87 bits per heavy atom. The van der Waals surface area contributed by atoms with Crippen molar-refractivity contribution in [3.63, 3.8) is 0 Å². The molecule has 0 aliphatic rings. The molecule has 0 saturated carbocycles. The molecule has 120 valence electrons. The Morgan fingerprint density at radius 3 is 2.52 bits per heavy atom. The zero-order valence-corrected chi connectivity index (χ0v) is 12.9. The molecule has 0 spiro atoms. The van der Waals surface area contributed by atoms with Crippen LogP contribution in [0.15, 0.2) is 52.1 Å². The van der Waals surface area contributed by atoms with Crippen molar-refractivity contribution in [2.24, 2.45) is 0 Å². The van der Waals surface area contributed by atoms with Crippen LogP contribution in [0.5, 0.6) is 5.75 Å². The molecule has 0 aliphatic heterocycles. The lowest BCUT2D eigenvalue weighted by Crippen LogP contribution is -2.04. The summed E-state index contributed by atoms with van der Waals surface area (Å²) in [6.45, 7) is 0. The molecular formula is C16H12F3NO2S. The van der Waals surface area contributed by atoms with Crippen LogP contribution in [0, 0.1) is 0 Å². The fourth-order valence-electron chi connectivity index (χ4n) is 2.01. The smallest absolute Gasteiger partial charge is 0.416 e. The van der Waals surface area contributed by atoms with E-state index in [-0.39, 0.29) is 0 Å². The minimum Gasteiger partial charge on any atom is -0.497 e. The molecule has 3 rings (SSSR count). The fourth-order valence-corrected chi connectivity index (χ4v) is 2.80. The highest BCUT2D eigenvalue weighted by atomic mass is 32.2. The van der Waals surface area contributed by atoms with Crippen molar-refractivity contribution in [1.82, 2.24) is 4.98 Å². The van der Waals surface area contributed by atoms with Crippen LogP contribution >= 0.6 is 11.8 Å². The summed E-state index contributed by atoms with van der Waals surface area (Å²) < 4.78 is 48.2. The van der Waals surface area contributed by atoms with Crippen LogP contribution in [0.2, 0.25) is 0 Å². The van der Waals surface area contributed by atoms with Gasteiger partial charge in [-0.15, -0.1) is 0 Å². The minimum absolute atomic E-state index is 0.466. The first-order valence-electron chi connectivity index (χ1n) is 6.69. The number of ether oxygens (including phenoxy) is 1. The first-order valence-corrected chi connectivity index (χ1v) is 7.68. The Hall–Kier alpha value is -2.15. The van der Waals surface area contributed by atoms with Crippen molar-refractivity contribution in [1.29, 1.82) is 0 Å². The molecule has 2 aromatic carbocycles. The maximum atomic E-state index is 12.5. The number of thioether (sulfide) groups is 1. The van der Waals surface area contributed by atoms with E-state index in [0.717, 1.165) is 17.7 Å². The summed E-state index contributed by atoms with van der Waals surface area (Å²) in [6, 6.07) is 10.4. The molecule has 0 radical (unpaired) electrons. The molecule has 1 heterocycles. The summed E-state index contributed by atoms with van der Waals surface area (Å²) in [4.78, 5) is 4.33. The van der Waals surface area contributed by atoms with Crippen LogP contribution in [0.1, 0.15) is 11.1 Å². The van der Waals surface area contributed by atoms with Crippen molar-refractivity contribution in [2.75, 3.05) is 7.11 Å². The molecular weight excluding hydrogens is 327 g/mol. The Morgan fingerprint density at radius 1 is 1.13 bits per heavy atom. The van der Waals surface area contributed by atoms with Crippen LogP contribution in [-0.2, 0) is 11.9 Å². The number of fused-ring (bicyclic) bond motifs is 1. The van der Waals surface area contributed by atoms with Crippen molar-refractivity contribution >= 4 is 22.9 Å². The van der Waals surface area contributed by atoms with E-state index in [0.29, 0.717) is 27.8 Å². The molecule has 0 N–H and O–H groups in total. The number of aromatic nitrogens is 1. The van der Waals surface area contributed by atoms with Crippen LogP contribution in [0.25, 0.3) is 11.1 Å². The van der Waals surface area contributed by atoms with Gasteiger partial charge in [-0.2, -0.15) is 13.2 Å². The Labute approximate surface area is 134 Å². The lowest BCUT2D eigenvalue weighted by Gasteiger charge is -2.06. The van der Waals surface area contributed by atoms with Gasteiger partial charge in [-0.25, -0.2) is 4.98 Å².